The summed E-state index contributed by atoms with van der Waals surface area (Å²) in [6.45, 7) is 3.82. The van der Waals surface area contributed by atoms with E-state index < -0.39 is 29.1 Å². The molecule has 5 nitrogen and oxygen atoms in total. The molecule has 2 aromatic carbocycles. The Labute approximate surface area is 177 Å². The summed E-state index contributed by atoms with van der Waals surface area (Å²) in [5.41, 5.74) is 0.818. The first-order valence-electron chi connectivity index (χ1n) is 9.04. The van der Waals surface area contributed by atoms with Crippen molar-refractivity contribution in [3.8, 4) is 0 Å². The maximum atomic E-state index is 12.7. The average Bonchev–Trinajstić information content (AvgIpc) is 3.15. The summed E-state index contributed by atoms with van der Waals surface area (Å²) in [7, 11) is 0. The summed E-state index contributed by atoms with van der Waals surface area (Å²) in [6.07, 6.45) is 1.80. The second kappa shape index (κ2) is 7.01. The molecule has 2 atom stereocenters. The monoisotopic (exact) mass is 429 g/mol. The summed E-state index contributed by atoms with van der Waals surface area (Å²) < 4.78 is 0. The molecule has 0 saturated heterocycles. The SMILES string of the molecule is CC1(C)[C@H](/C=C(\Cl)c2ccc(Cl)cc2)[C@H]1C(=O)ON1C(=O)c2ccccc2C1=O. The van der Waals surface area contributed by atoms with Crippen molar-refractivity contribution in [1.29, 1.82) is 0 Å². The fourth-order valence-electron chi connectivity index (χ4n) is 3.70. The Morgan fingerprint density at radius 2 is 1.59 bits per heavy atom. The number of imide groups is 1. The van der Waals surface area contributed by atoms with Crippen LogP contribution < -0.4 is 0 Å². The zero-order valence-corrected chi connectivity index (χ0v) is 17.2. The van der Waals surface area contributed by atoms with Crippen molar-refractivity contribution in [3.63, 3.8) is 0 Å². The van der Waals surface area contributed by atoms with Crippen LogP contribution in [0.3, 0.4) is 0 Å². The van der Waals surface area contributed by atoms with Crippen LogP contribution in [0.2, 0.25) is 5.02 Å². The third-order valence-corrected chi connectivity index (χ3v) is 6.14. The van der Waals surface area contributed by atoms with Gasteiger partial charge in [-0.3, -0.25) is 9.59 Å². The molecule has 1 saturated carbocycles. The van der Waals surface area contributed by atoms with Crippen LogP contribution in [0.15, 0.2) is 54.6 Å². The van der Waals surface area contributed by atoms with Gasteiger partial charge in [0.2, 0.25) is 0 Å². The summed E-state index contributed by atoms with van der Waals surface area (Å²) >= 11 is 12.3. The molecule has 0 aromatic heterocycles. The number of hydroxylamine groups is 2. The third kappa shape index (κ3) is 3.34. The lowest BCUT2D eigenvalue weighted by molar-refractivity contribution is -0.171. The standard InChI is InChI=1S/C22H17Cl2NO4/c1-22(2)16(11-17(24)12-7-9-13(23)10-8-12)18(22)21(28)29-25-19(26)14-5-3-4-6-15(14)20(25)27/h3-11,16,18H,1-2H3/b17-11-/t16-,18+/m1/s1. The van der Waals surface area contributed by atoms with Crippen LogP contribution in [-0.2, 0) is 9.63 Å². The predicted molar refractivity (Wildman–Crippen MR) is 109 cm³/mol. The van der Waals surface area contributed by atoms with Crippen molar-refractivity contribution in [2.45, 2.75) is 13.8 Å². The van der Waals surface area contributed by atoms with E-state index in [9.17, 15) is 14.4 Å². The van der Waals surface area contributed by atoms with E-state index in [-0.39, 0.29) is 17.0 Å². The number of carbonyl (C=O) groups excluding carboxylic acids is 3. The molecule has 4 rings (SSSR count). The number of hydrogen-bond acceptors (Lipinski definition) is 4. The lowest BCUT2D eigenvalue weighted by atomic mass is 10.1. The Balaban J connectivity index is 1.50. The molecule has 1 fully saturated rings. The molecule has 0 N–H and O–H groups in total. The van der Waals surface area contributed by atoms with Crippen LogP contribution in [0.5, 0.6) is 0 Å². The second-order valence-corrected chi connectivity index (χ2v) is 8.55. The van der Waals surface area contributed by atoms with Gasteiger partial charge in [0.25, 0.3) is 11.8 Å². The second-order valence-electron chi connectivity index (χ2n) is 7.71. The Morgan fingerprint density at radius 3 is 2.14 bits per heavy atom. The lowest BCUT2D eigenvalue weighted by Gasteiger charge is -2.13. The van der Waals surface area contributed by atoms with Crippen LogP contribution in [0, 0.1) is 17.3 Å². The van der Waals surface area contributed by atoms with Gasteiger partial charge in [-0.05, 0) is 41.2 Å². The van der Waals surface area contributed by atoms with Crippen LogP contribution in [0.25, 0.3) is 5.03 Å². The van der Waals surface area contributed by atoms with Gasteiger partial charge in [-0.25, -0.2) is 4.79 Å². The molecule has 29 heavy (non-hydrogen) atoms. The maximum absolute atomic E-state index is 12.7. The highest BCUT2D eigenvalue weighted by Crippen LogP contribution is 2.60. The molecule has 0 spiro atoms. The molecule has 1 heterocycles. The molecule has 2 amide bonds. The van der Waals surface area contributed by atoms with Crippen LogP contribution in [0.1, 0.15) is 40.1 Å². The number of halogens is 2. The summed E-state index contributed by atoms with van der Waals surface area (Å²) in [5, 5.41) is 1.64. The van der Waals surface area contributed by atoms with Gasteiger partial charge in [-0.2, -0.15) is 0 Å². The van der Waals surface area contributed by atoms with E-state index in [1.165, 1.54) is 12.1 Å². The maximum Gasteiger partial charge on any atom is 0.337 e. The van der Waals surface area contributed by atoms with Gasteiger partial charge < -0.3 is 4.84 Å². The van der Waals surface area contributed by atoms with E-state index in [4.69, 9.17) is 28.0 Å². The minimum absolute atomic E-state index is 0.187. The number of fused-ring (bicyclic) bond motifs is 1. The summed E-state index contributed by atoms with van der Waals surface area (Å²) in [5.74, 6) is -2.61. The number of hydrogen-bond donors (Lipinski definition) is 0. The van der Waals surface area contributed by atoms with E-state index in [1.54, 1.807) is 42.5 Å². The van der Waals surface area contributed by atoms with Gasteiger partial charge >= 0.3 is 5.97 Å². The Morgan fingerprint density at radius 1 is 1.03 bits per heavy atom. The van der Waals surface area contributed by atoms with E-state index in [0.717, 1.165) is 5.56 Å². The average molecular weight is 430 g/mol. The Hall–Kier alpha value is -2.63. The summed E-state index contributed by atoms with van der Waals surface area (Å²) in [6, 6.07) is 13.4. The fourth-order valence-corrected chi connectivity index (χ4v) is 4.09. The predicted octanol–water partition coefficient (Wildman–Crippen LogP) is 4.95. The van der Waals surface area contributed by atoms with Crippen molar-refractivity contribution in [2.24, 2.45) is 17.3 Å². The topological polar surface area (TPSA) is 63.7 Å². The first-order chi connectivity index (χ1) is 13.7. The van der Waals surface area contributed by atoms with Gasteiger partial charge in [-0.1, -0.05) is 72.5 Å². The highest BCUT2D eigenvalue weighted by molar-refractivity contribution is 6.48. The van der Waals surface area contributed by atoms with Gasteiger partial charge in [-0.15, -0.1) is 0 Å². The van der Waals surface area contributed by atoms with Crippen LogP contribution in [-0.4, -0.2) is 22.8 Å². The third-order valence-electron chi connectivity index (χ3n) is 5.55. The molecule has 0 radical (unpaired) electrons. The van der Waals surface area contributed by atoms with Crippen molar-refractivity contribution in [2.75, 3.05) is 0 Å². The van der Waals surface area contributed by atoms with Crippen molar-refractivity contribution >= 4 is 46.0 Å². The van der Waals surface area contributed by atoms with Crippen molar-refractivity contribution < 1.29 is 19.2 Å². The first kappa shape index (κ1) is 19.7. The number of rotatable bonds is 4. The molecule has 0 bridgehead atoms. The molecule has 7 heteroatoms. The number of benzene rings is 2. The first-order valence-corrected chi connectivity index (χ1v) is 9.80. The molecule has 1 aliphatic heterocycles. The zero-order chi connectivity index (χ0) is 20.9. The van der Waals surface area contributed by atoms with E-state index >= 15 is 0 Å². The molecular formula is C22H17Cl2NO4. The van der Waals surface area contributed by atoms with Crippen LogP contribution in [0.4, 0.5) is 0 Å². The highest BCUT2D eigenvalue weighted by Gasteiger charge is 2.62. The highest BCUT2D eigenvalue weighted by atomic mass is 35.5. The fraction of sp³-hybridized carbons (Fsp3) is 0.227. The van der Waals surface area contributed by atoms with Gasteiger partial charge in [0.1, 0.15) is 0 Å². The summed E-state index contributed by atoms with van der Waals surface area (Å²) in [4.78, 5) is 42.8. The van der Waals surface area contributed by atoms with Crippen molar-refractivity contribution in [1.82, 2.24) is 5.06 Å². The molecule has 2 aromatic rings. The largest absolute Gasteiger partial charge is 0.337 e. The quantitative estimate of drug-likeness (QED) is 0.645. The Kier molecular flexibility index (Phi) is 4.75. The smallest absolute Gasteiger partial charge is 0.329 e. The molecule has 2 aliphatic rings. The van der Waals surface area contributed by atoms with E-state index in [2.05, 4.69) is 0 Å². The number of allylic oxidation sites excluding steroid dienone is 1. The van der Waals surface area contributed by atoms with E-state index in [1.807, 2.05) is 13.8 Å². The van der Waals surface area contributed by atoms with Crippen molar-refractivity contribution in [3.05, 3.63) is 76.3 Å². The minimum atomic E-state index is -0.635. The molecule has 148 valence electrons. The number of carbonyl (C=O) groups is 3. The van der Waals surface area contributed by atoms with Gasteiger partial charge in [0.05, 0.1) is 17.0 Å². The van der Waals surface area contributed by atoms with Crippen LogP contribution >= 0.6 is 23.2 Å². The normalized spacial score (nSPS) is 22.5. The Bertz CT molecular complexity index is 1020. The molecule has 1 aliphatic carbocycles. The zero-order valence-electron chi connectivity index (χ0n) is 15.7. The number of nitrogens with zero attached hydrogens (tertiary/aromatic N) is 1. The van der Waals surface area contributed by atoms with Gasteiger partial charge in [0.15, 0.2) is 0 Å². The lowest BCUT2D eigenvalue weighted by Crippen LogP contribution is -2.33. The molecular weight excluding hydrogens is 413 g/mol. The number of amides is 2. The minimum Gasteiger partial charge on any atom is -0.329 e. The van der Waals surface area contributed by atoms with Gasteiger partial charge in [0, 0.05) is 10.1 Å². The van der Waals surface area contributed by atoms with E-state index in [0.29, 0.717) is 15.1 Å². The molecule has 0 unspecified atom stereocenters.